The van der Waals surface area contributed by atoms with E-state index in [-0.39, 0.29) is 0 Å². The Bertz CT molecular complexity index is 313. The predicted molar refractivity (Wildman–Crippen MR) is 66.2 cm³/mol. The Morgan fingerprint density at radius 1 is 1.50 bits per heavy atom. The van der Waals surface area contributed by atoms with Crippen molar-refractivity contribution in [2.75, 3.05) is 6.54 Å². The molecule has 3 nitrogen and oxygen atoms in total. The average Bonchev–Trinajstić information content (AvgIpc) is 2.91. The zero-order valence-corrected chi connectivity index (χ0v) is 10.4. The number of nitrogens with one attached hydrogen (secondary N) is 1. The predicted octanol–water partition coefficient (Wildman–Crippen LogP) is 2.65. The van der Waals surface area contributed by atoms with Crippen LogP contribution >= 0.6 is 0 Å². The Morgan fingerprint density at radius 2 is 2.25 bits per heavy atom. The van der Waals surface area contributed by atoms with Crippen LogP contribution in [0.2, 0.25) is 0 Å². The minimum Gasteiger partial charge on any atom is -0.310 e. The zero-order chi connectivity index (χ0) is 11.4. The third-order valence-electron chi connectivity index (χ3n) is 3.57. The van der Waals surface area contributed by atoms with Crippen LogP contribution in [-0.2, 0) is 7.05 Å². The van der Waals surface area contributed by atoms with Gasteiger partial charge in [0, 0.05) is 24.8 Å². The molecular weight excluding hydrogens is 198 g/mol. The molecular formula is C13H23N3. The number of rotatable bonds is 5. The van der Waals surface area contributed by atoms with Crippen LogP contribution in [0.4, 0.5) is 0 Å². The normalized spacial score (nSPS) is 19.1. The van der Waals surface area contributed by atoms with Gasteiger partial charge in [0.2, 0.25) is 0 Å². The summed E-state index contributed by atoms with van der Waals surface area (Å²) in [4.78, 5) is 0. The Morgan fingerprint density at radius 3 is 2.81 bits per heavy atom. The molecule has 0 aliphatic heterocycles. The van der Waals surface area contributed by atoms with Crippen LogP contribution in [-0.4, -0.2) is 16.3 Å². The van der Waals surface area contributed by atoms with Gasteiger partial charge in [0.05, 0.1) is 6.20 Å². The maximum absolute atomic E-state index is 4.29. The average molecular weight is 221 g/mol. The van der Waals surface area contributed by atoms with Gasteiger partial charge in [0.15, 0.2) is 0 Å². The van der Waals surface area contributed by atoms with E-state index in [0.717, 1.165) is 12.5 Å². The van der Waals surface area contributed by atoms with E-state index in [1.165, 1.54) is 37.7 Å². The lowest BCUT2D eigenvalue weighted by molar-refractivity contribution is 0.368. The highest BCUT2D eigenvalue weighted by molar-refractivity contribution is 5.12. The summed E-state index contributed by atoms with van der Waals surface area (Å²) in [6, 6.07) is 0.524. The van der Waals surface area contributed by atoms with Gasteiger partial charge in [0.25, 0.3) is 0 Å². The van der Waals surface area contributed by atoms with Crippen molar-refractivity contribution >= 4 is 0 Å². The molecule has 1 aromatic rings. The summed E-state index contributed by atoms with van der Waals surface area (Å²) in [6.45, 7) is 3.33. The topological polar surface area (TPSA) is 29.9 Å². The van der Waals surface area contributed by atoms with Gasteiger partial charge < -0.3 is 5.32 Å². The minimum atomic E-state index is 0.524. The van der Waals surface area contributed by atoms with E-state index in [4.69, 9.17) is 0 Å². The standard InChI is InChI=1S/C13H23N3/c1-3-8-14-13(11-6-4-5-7-11)12-9-15-16(2)10-12/h9-11,13-14H,3-8H2,1-2H3. The molecule has 1 unspecified atom stereocenters. The molecule has 1 atom stereocenters. The van der Waals surface area contributed by atoms with E-state index in [9.17, 15) is 0 Å². The summed E-state index contributed by atoms with van der Waals surface area (Å²) >= 11 is 0. The lowest BCUT2D eigenvalue weighted by Gasteiger charge is -2.23. The summed E-state index contributed by atoms with van der Waals surface area (Å²) in [6.07, 6.45) is 10.9. The lowest BCUT2D eigenvalue weighted by Crippen LogP contribution is -2.27. The van der Waals surface area contributed by atoms with Crippen molar-refractivity contribution in [2.24, 2.45) is 13.0 Å². The third kappa shape index (κ3) is 2.64. The minimum absolute atomic E-state index is 0.524. The zero-order valence-electron chi connectivity index (χ0n) is 10.4. The summed E-state index contributed by atoms with van der Waals surface area (Å²) in [5.41, 5.74) is 1.36. The van der Waals surface area contributed by atoms with Crippen LogP contribution in [0.15, 0.2) is 12.4 Å². The number of aromatic nitrogens is 2. The number of hydrogen-bond acceptors (Lipinski definition) is 2. The molecule has 0 spiro atoms. The van der Waals surface area contributed by atoms with Crippen molar-refractivity contribution in [3.63, 3.8) is 0 Å². The van der Waals surface area contributed by atoms with Gasteiger partial charge in [-0.2, -0.15) is 5.10 Å². The first-order valence-electron chi connectivity index (χ1n) is 6.53. The molecule has 0 radical (unpaired) electrons. The van der Waals surface area contributed by atoms with Crippen molar-refractivity contribution in [2.45, 2.75) is 45.1 Å². The van der Waals surface area contributed by atoms with Crippen molar-refractivity contribution in [1.82, 2.24) is 15.1 Å². The van der Waals surface area contributed by atoms with Crippen LogP contribution in [0.1, 0.15) is 50.6 Å². The Labute approximate surface area is 98.2 Å². The highest BCUT2D eigenvalue weighted by Gasteiger charge is 2.26. The van der Waals surface area contributed by atoms with Gasteiger partial charge in [-0.1, -0.05) is 19.8 Å². The molecule has 1 aliphatic carbocycles. The maximum Gasteiger partial charge on any atom is 0.0537 e. The van der Waals surface area contributed by atoms with E-state index in [1.54, 1.807) is 0 Å². The van der Waals surface area contributed by atoms with E-state index in [0.29, 0.717) is 6.04 Å². The second-order valence-corrected chi connectivity index (χ2v) is 4.92. The number of hydrogen-bond donors (Lipinski definition) is 1. The Hall–Kier alpha value is -0.830. The molecule has 1 heterocycles. The first kappa shape index (κ1) is 11.6. The summed E-state index contributed by atoms with van der Waals surface area (Å²) in [5.74, 6) is 0.816. The van der Waals surface area contributed by atoms with Crippen molar-refractivity contribution < 1.29 is 0 Å². The van der Waals surface area contributed by atoms with Crippen molar-refractivity contribution in [3.8, 4) is 0 Å². The fraction of sp³-hybridized carbons (Fsp3) is 0.769. The van der Waals surface area contributed by atoms with E-state index in [1.807, 2.05) is 17.9 Å². The molecule has 16 heavy (non-hydrogen) atoms. The molecule has 0 amide bonds. The van der Waals surface area contributed by atoms with Crippen LogP contribution < -0.4 is 5.32 Å². The summed E-state index contributed by atoms with van der Waals surface area (Å²) in [5, 5.41) is 7.98. The van der Waals surface area contributed by atoms with E-state index < -0.39 is 0 Å². The smallest absolute Gasteiger partial charge is 0.0537 e. The van der Waals surface area contributed by atoms with Crippen molar-refractivity contribution in [3.05, 3.63) is 18.0 Å². The van der Waals surface area contributed by atoms with Gasteiger partial charge >= 0.3 is 0 Å². The molecule has 1 fully saturated rings. The van der Waals surface area contributed by atoms with E-state index >= 15 is 0 Å². The Kier molecular flexibility index (Phi) is 3.99. The second kappa shape index (κ2) is 5.48. The fourth-order valence-corrected chi connectivity index (χ4v) is 2.75. The molecule has 0 aromatic carbocycles. The quantitative estimate of drug-likeness (QED) is 0.828. The largest absolute Gasteiger partial charge is 0.310 e. The molecule has 3 heteroatoms. The van der Waals surface area contributed by atoms with Gasteiger partial charge in [-0.05, 0) is 31.7 Å². The van der Waals surface area contributed by atoms with Crippen LogP contribution in [0.3, 0.4) is 0 Å². The molecule has 1 aliphatic rings. The number of aryl methyl sites for hydroxylation is 1. The van der Waals surface area contributed by atoms with Gasteiger partial charge in [-0.15, -0.1) is 0 Å². The third-order valence-corrected chi connectivity index (χ3v) is 3.57. The Balaban J connectivity index is 2.06. The van der Waals surface area contributed by atoms with Gasteiger partial charge in [-0.25, -0.2) is 0 Å². The first-order chi connectivity index (χ1) is 7.81. The SMILES string of the molecule is CCCNC(c1cnn(C)c1)C1CCCC1. The van der Waals surface area contributed by atoms with Crippen molar-refractivity contribution in [1.29, 1.82) is 0 Å². The summed E-state index contributed by atoms with van der Waals surface area (Å²) < 4.78 is 1.91. The molecule has 1 aromatic heterocycles. The number of nitrogens with zero attached hydrogens (tertiary/aromatic N) is 2. The maximum atomic E-state index is 4.29. The molecule has 0 saturated heterocycles. The monoisotopic (exact) mass is 221 g/mol. The van der Waals surface area contributed by atoms with Crippen LogP contribution in [0.5, 0.6) is 0 Å². The second-order valence-electron chi connectivity index (χ2n) is 4.92. The molecule has 2 rings (SSSR count). The molecule has 1 saturated carbocycles. The fourth-order valence-electron chi connectivity index (χ4n) is 2.75. The van der Waals surface area contributed by atoms with Crippen LogP contribution in [0.25, 0.3) is 0 Å². The lowest BCUT2D eigenvalue weighted by atomic mass is 9.93. The molecule has 0 bridgehead atoms. The highest BCUT2D eigenvalue weighted by atomic mass is 15.2. The molecule has 90 valence electrons. The van der Waals surface area contributed by atoms with Gasteiger partial charge in [0.1, 0.15) is 0 Å². The first-order valence-corrected chi connectivity index (χ1v) is 6.53. The van der Waals surface area contributed by atoms with E-state index in [2.05, 4.69) is 23.5 Å². The van der Waals surface area contributed by atoms with Crippen LogP contribution in [0, 0.1) is 5.92 Å². The molecule has 1 N–H and O–H groups in total. The van der Waals surface area contributed by atoms with Gasteiger partial charge in [-0.3, -0.25) is 4.68 Å². The highest BCUT2D eigenvalue weighted by Crippen LogP contribution is 2.35. The summed E-state index contributed by atoms with van der Waals surface area (Å²) in [7, 11) is 2.00.